The molecule has 0 saturated carbocycles. The zero-order valence-electron chi connectivity index (χ0n) is 6.36. The molecule has 12 heavy (non-hydrogen) atoms. The Morgan fingerprint density at radius 3 is 2.92 bits per heavy atom. The highest BCUT2D eigenvalue weighted by atomic mass is 14.7. The van der Waals surface area contributed by atoms with E-state index in [4.69, 9.17) is 6.42 Å². The number of rotatable bonds is 0. The third kappa shape index (κ3) is 0.923. The normalized spacial score (nSPS) is 9.58. The van der Waals surface area contributed by atoms with Crippen LogP contribution in [0.5, 0.6) is 0 Å². The lowest BCUT2D eigenvalue weighted by atomic mass is 10.2. The van der Waals surface area contributed by atoms with Crippen molar-refractivity contribution in [2.75, 3.05) is 0 Å². The second-order valence-electron chi connectivity index (χ2n) is 2.37. The van der Waals surface area contributed by atoms with E-state index in [-0.39, 0.29) is 0 Å². The summed E-state index contributed by atoms with van der Waals surface area (Å²) < 4.78 is 0. The Kier molecular flexibility index (Phi) is 1.49. The average molecular weight is 154 g/mol. The molecule has 2 heteroatoms. The van der Waals surface area contributed by atoms with Gasteiger partial charge in [0.2, 0.25) is 0 Å². The van der Waals surface area contributed by atoms with Crippen molar-refractivity contribution in [3.8, 4) is 12.3 Å². The van der Waals surface area contributed by atoms with Crippen molar-refractivity contribution in [2.45, 2.75) is 0 Å². The number of pyridine rings is 2. The monoisotopic (exact) mass is 154 g/mol. The molecule has 0 spiro atoms. The van der Waals surface area contributed by atoms with Crippen LogP contribution in [0.1, 0.15) is 5.69 Å². The molecule has 56 valence electrons. The van der Waals surface area contributed by atoms with Gasteiger partial charge in [0.1, 0.15) is 5.69 Å². The van der Waals surface area contributed by atoms with E-state index >= 15 is 0 Å². The molecule has 0 atom stereocenters. The molecule has 2 aromatic rings. The smallest absolute Gasteiger partial charge is 0.122 e. The van der Waals surface area contributed by atoms with E-state index in [1.165, 1.54) is 0 Å². The number of hydrogen-bond acceptors (Lipinski definition) is 2. The van der Waals surface area contributed by atoms with E-state index in [9.17, 15) is 0 Å². The predicted molar refractivity (Wildman–Crippen MR) is 47.5 cm³/mol. The van der Waals surface area contributed by atoms with Crippen molar-refractivity contribution in [2.24, 2.45) is 0 Å². The second kappa shape index (κ2) is 2.63. The van der Waals surface area contributed by atoms with Gasteiger partial charge in [0.15, 0.2) is 0 Å². The fourth-order valence-electron chi connectivity index (χ4n) is 1.12. The Labute approximate surface area is 70.3 Å². The lowest BCUT2D eigenvalue weighted by Gasteiger charge is -1.96. The summed E-state index contributed by atoms with van der Waals surface area (Å²) in [5, 5.41) is 0.933. The summed E-state index contributed by atoms with van der Waals surface area (Å²) in [7, 11) is 0. The van der Waals surface area contributed by atoms with Gasteiger partial charge in [0, 0.05) is 17.8 Å². The maximum absolute atomic E-state index is 5.28. The lowest BCUT2D eigenvalue weighted by molar-refractivity contribution is 1.29. The zero-order chi connectivity index (χ0) is 8.39. The van der Waals surface area contributed by atoms with Gasteiger partial charge in [-0.3, -0.25) is 4.98 Å². The molecule has 0 aliphatic rings. The minimum absolute atomic E-state index is 0.653. The largest absolute Gasteiger partial charge is 0.256 e. The molecule has 2 rings (SSSR count). The number of hydrogen-bond donors (Lipinski definition) is 0. The summed E-state index contributed by atoms with van der Waals surface area (Å²) in [5.74, 6) is 2.52. The van der Waals surface area contributed by atoms with Gasteiger partial charge in [0.25, 0.3) is 0 Å². The summed E-state index contributed by atoms with van der Waals surface area (Å²) in [5.41, 5.74) is 1.54. The van der Waals surface area contributed by atoms with Crippen LogP contribution < -0.4 is 0 Å². The minimum atomic E-state index is 0.653. The molecular formula is C10H6N2. The average Bonchev–Trinajstić information content (AvgIpc) is 2.17. The third-order valence-corrected chi connectivity index (χ3v) is 1.67. The van der Waals surface area contributed by atoms with Gasteiger partial charge in [-0.25, -0.2) is 4.98 Å². The van der Waals surface area contributed by atoms with E-state index in [0.29, 0.717) is 5.69 Å². The molecule has 0 radical (unpaired) electrons. The molecule has 0 aliphatic carbocycles. The SMILES string of the molecule is C#Cc1nccc2ncccc12. The van der Waals surface area contributed by atoms with E-state index in [1.807, 2.05) is 18.2 Å². The Balaban J connectivity index is 2.91. The Hall–Kier alpha value is -1.88. The summed E-state index contributed by atoms with van der Waals surface area (Å²) in [6.45, 7) is 0. The predicted octanol–water partition coefficient (Wildman–Crippen LogP) is 1.61. The highest BCUT2D eigenvalue weighted by Crippen LogP contribution is 2.11. The van der Waals surface area contributed by atoms with Crippen molar-refractivity contribution < 1.29 is 0 Å². The summed E-state index contributed by atoms with van der Waals surface area (Å²) in [6.07, 6.45) is 8.69. The van der Waals surface area contributed by atoms with Crippen LogP contribution in [0.25, 0.3) is 10.9 Å². The van der Waals surface area contributed by atoms with E-state index in [2.05, 4.69) is 15.9 Å². The van der Waals surface area contributed by atoms with Crippen LogP contribution in [0.4, 0.5) is 0 Å². The first-order valence-corrected chi connectivity index (χ1v) is 3.58. The molecule has 0 N–H and O–H groups in total. The first-order valence-electron chi connectivity index (χ1n) is 3.58. The van der Waals surface area contributed by atoms with Gasteiger partial charge in [-0.05, 0) is 24.1 Å². The van der Waals surface area contributed by atoms with Crippen LogP contribution >= 0.6 is 0 Å². The van der Waals surface area contributed by atoms with Crippen molar-refractivity contribution in [1.82, 2.24) is 9.97 Å². The molecule has 0 fully saturated rings. The molecule has 0 aliphatic heterocycles. The van der Waals surface area contributed by atoms with Crippen LogP contribution in [0.15, 0.2) is 30.6 Å². The van der Waals surface area contributed by atoms with Gasteiger partial charge in [-0.15, -0.1) is 6.42 Å². The van der Waals surface area contributed by atoms with E-state index in [0.717, 1.165) is 10.9 Å². The van der Waals surface area contributed by atoms with Gasteiger partial charge in [-0.1, -0.05) is 0 Å². The number of terminal acetylenes is 1. The van der Waals surface area contributed by atoms with Crippen LogP contribution in [0.3, 0.4) is 0 Å². The van der Waals surface area contributed by atoms with Gasteiger partial charge in [0.05, 0.1) is 5.52 Å². The van der Waals surface area contributed by atoms with Crippen molar-refractivity contribution in [3.05, 3.63) is 36.3 Å². The molecule has 0 saturated heterocycles. The fraction of sp³-hybridized carbons (Fsp3) is 0. The summed E-state index contributed by atoms with van der Waals surface area (Å²) in [4.78, 5) is 8.20. The lowest BCUT2D eigenvalue weighted by Crippen LogP contribution is -1.85. The first kappa shape index (κ1) is 6.81. The van der Waals surface area contributed by atoms with E-state index in [1.54, 1.807) is 12.4 Å². The molecule has 0 aromatic carbocycles. The summed E-state index contributed by atoms with van der Waals surface area (Å²) in [6, 6.07) is 5.62. The molecule has 0 unspecified atom stereocenters. The Morgan fingerprint density at radius 2 is 2.08 bits per heavy atom. The third-order valence-electron chi connectivity index (χ3n) is 1.67. The van der Waals surface area contributed by atoms with Crippen molar-refractivity contribution in [1.29, 1.82) is 0 Å². The highest BCUT2D eigenvalue weighted by molar-refractivity contribution is 5.82. The van der Waals surface area contributed by atoms with Crippen LogP contribution in [-0.2, 0) is 0 Å². The Bertz CT molecular complexity index is 449. The van der Waals surface area contributed by atoms with Gasteiger partial charge >= 0.3 is 0 Å². The summed E-state index contributed by atoms with van der Waals surface area (Å²) >= 11 is 0. The van der Waals surface area contributed by atoms with Crippen molar-refractivity contribution in [3.63, 3.8) is 0 Å². The molecule has 0 bridgehead atoms. The molecule has 2 aromatic heterocycles. The maximum Gasteiger partial charge on any atom is 0.122 e. The second-order valence-corrected chi connectivity index (χ2v) is 2.37. The molecule has 2 nitrogen and oxygen atoms in total. The topological polar surface area (TPSA) is 25.8 Å². The molecule has 0 amide bonds. The number of nitrogens with zero attached hydrogens (tertiary/aromatic N) is 2. The van der Waals surface area contributed by atoms with Crippen LogP contribution in [-0.4, -0.2) is 9.97 Å². The zero-order valence-corrected chi connectivity index (χ0v) is 6.36. The molecule has 2 heterocycles. The van der Waals surface area contributed by atoms with Crippen LogP contribution in [0.2, 0.25) is 0 Å². The standard InChI is InChI=1S/C10H6N2/c1-2-9-8-4-3-6-11-10(8)5-7-12-9/h1,3-7H. The molecular weight excluding hydrogens is 148 g/mol. The minimum Gasteiger partial charge on any atom is -0.256 e. The van der Waals surface area contributed by atoms with E-state index < -0.39 is 0 Å². The first-order chi connectivity index (χ1) is 5.92. The quantitative estimate of drug-likeness (QED) is 0.539. The fourth-order valence-corrected chi connectivity index (χ4v) is 1.12. The Morgan fingerprint density at radius 1 is 1.17 bits per heavy atom. The number of fused-ring (bicyclic) bond motifs is 1. The highest BCUT2D eigenvalue weighted by Gasteiger charge is 1.97. The number of aromatic nitrogens is 2. The maximum atomic E-state index is 5.28. The van der Waals surface area contributed by atoms with Gasteiger partial charge < -0.3 is 0 Å². The van der Waals surface area contributed by atoms with Gasteiger partial charge in [-0.2, -0.15) is 0 Å². The van der Waals surface area contributed by atoms with Crippen LogP contribution in [0, 0.1) is 12.3 Å². The van der Waals surface area contributed by atoms with Crippen molar-refractivity contribution >= 4 is 10.9 Å².